The Kier molecular flexibility index (Phi) is 8.40. The lowest BCUT2D eigenvalue weighted by Crippen LogP contribution is -2.06. The van der Waals surface area contributed by atoms with Gasteiger partial charge in [-0.2, -0.15) is 0 Å². The number of carbonyl (C=O) groups is 1. The van der Waals surface area contributed by atoms with E-state index in [0.717, 1.165) is 32.5 Å². The van der Waals surface area contributed by atoms with Crippen LogP contribution in [-0.4, -0.2) is 62.9 Å². The van der Waals surface area contributed by atoms with Crippen LogP contribution in [-0.2, 0) is 23.7 Å². The van der Waals surface area contributed by atoms with Gasteiger partial charge in [0.1, 0.15) is 12.2 Å². The number of hydrogen-bond donors (Lipinski definition) is 1. The minimum atomic E-state index is -0.405. The summed E-state index contributed by atoms with van der Waals surface area (Å²) >= 11 is 0. The van der Waals surface area contributed by atoms with Crippen molar-refractivity contribution in [2.45, 2.75) is 25.0 Å². The first-order valence-corrected chi connectivity index (χ1v) is 6.47. The zero-order valence-electron chi connectivity index (χ0n) is 11.1. The maximum absolute atomic E-state index is 10.4. The molecular formula is C13H22O6. The first-order chi connectivity index (χ1) is 9.26. The van der Waals surface area contributed by atoms with Crippen molar-refractivity contribution in [2.24, 2.45) is 0 Å². The number of esters is 1. The summed E-state index contributed by atoms with van der Waals surface area (Å²) in [5.74, 6) is -0.405. The average Bonchev–Trinajstić information content (AvgIpc) is 3.29. The van der Waals surface area contributed by atoms with E-state index in [2.05, 4.69) is 11.3 Å². The van der Waals surface area contributed by atoms with E-state index in [4.69, 9.17) is 19.3 Å². The number of hydrogen-bond acceptors (Lipinski definition) is 6. The summed E-state index contributed by atoms with van der Waals surface area (Å²) < 4.78 is 19.7. The second-order valence-corrected chi connectivity index (χ2v) is 4.25. The van der Waals surface area contributed by atoms with Gasteiger partial charge in [-0.15, -0.1) is 0 Å². The summed E-state index contributed by atoms with van der Waals surface area (Å²) in [7, 11) is 0. The Morgan fingerprint density at radius 3 is 2.26 bits per heavy atom. The van der Waals surface area contributed by atoms with Gasteiger partial charge in [0, 0.05) is 12.7 Å². The number of unbranched alkanes of at least 4 members (excludes halogenated alkanes) is 1. The minimum Gasteiger partial charge on any atom is -0.463 e. The van der Waals surface area contributed by atoms with Crippen LogP contribution in [0, 0.1) is 0 Å². The molecule has 19 heavy (non-hydrogen) atoms. The van der Waals surface area contributed by atoms with Gasteiger partial charge in [0.25, 0.3) is 0 Å². The highest BCUT2D eigenvalue weighted by atomic mass is 16.6. The molecular weight excluding hydrogens is 252 g/mol. The summed E-state index contributed by atoms with van der Waals surface area (Å²) in [5.41, 5.74) is 0. The Bertz CT molecular complexity index is 248. The Morgan fingerprint density at radius 1 is 1.26 bits per heavy atom. The standard InChI is InChI=1S/C7H12O3.C6H10O3/c1-2-7(9)10-6-4-3-5-8;1(5-3-8-5)7-2-6-4-9-6/h2,8H,1,3-6H2;5-6H,1-4H2. The van der Waals surface area contributed by atoms with Crippen molar-refractivity contribution in [3.05, 3.63) is 12.7 Å². The Balaban J connectivity index is 0.000000190. The lowest BCUT2D eigenvalue weighted by Gasteiger charge is -1.98. The normalized spacial score (nSPS) is 23.0. The van der Waals surface area contributed by atoms with Crippen LogP contribution < -0.4 is 0 Å². The maximum atomic E-state index is 10.4. The van der Waals surface area contributed by atoms with Gasteiger partial charge in [-0.25, -0.2) is 4.79 Å². The number of epoxide rings is 2. The maximum Gasteiger partial charge on any atom is 0.330 e. The third-order valence-corrected chi connectivity index (χ3v) is 2.38. The number of aliphatic hydroxyl groups is 1. The predicted octanol–water partition coefficient (Wildman–Crippen LogP) is 0.289. The molecule has 2 unspecified atom stereocenters. The third-order valence-electron chi connectivity index (χ3n) is 2.38. The lowest BCUT2D eigenvalue weighted by atomic mass is 10.3. The number of carbonyl (C=O) groups excluding carboxylic acids is 1. The second kappa shape index (κ2) is 9.91. The largest absolute Gasteiger partial charge is 0.463 e. The molecule has 0 bridgehead atoms. The first-order valence-electron chi connectivity index (χ1n) is 6.47. The van der Waals surface area contributed by atoms with Gasteiger partial charge in [0.05, 0.1) is 33.0 Å². The summed E-state index contributed by atoms with van der Waals surface area (Å²) in [6, 6.07) is 0. The molecule has 2 aliphatic rings. The Morgan fingerprint density at radius 2 is 1.84 bits per heavy atom. The molecule has 1 N–H and O–H groups in total. The quantitative estimate of drug-likeness (QED) is 0.282. The van der Waals surface area contributed by atoms with Gasteiger partial charge in [-0.3, -0.25) is 0 Å². The van der Waals surface area contributed by atoms with E-state index >= 15 is 0 Å². The van der Waals surface area contributed by atoms with E-state index in [0.29, 0.717) is 31.7 Å². The zero-order valence-corrected chi connectivity index (χ0v) is 11.1. The minimum absolute atomic E-state index is 0.144. The molecule has 2 aliphatic heterocycles. The molecule has 6 heteroatoms. The second-order valence-electron chi connectivity index (χ2n) is 4.25. The molecule has 110 valence electrons. The van der Waals surface area contributed by atoms with Crippen molar-refractivity contribution in [2.75, 3.05) is 39.6 Å². The van der Waals surface area contributed by atoms with Crippen LogP contribution in [0.3, 0.4) is 0 Å². The fourth-order valence-electron chi connectivity index (χ4n) is 1.11. The first kappa shape index (κ1) is 16.1. The van der Waals surface area contributed by atoms with Crippen molar-refractivity contribution < 1.29 is 28.8 Å². The highest BCUT2D eigenvalue weighted by Crippen LogP contribution is 2.12. The number of ether oxygens (including phenoxy) is 4. The lowest BCUT2D eigenvalue weighted by molar-refractivity contribution is -0.137. The van der Waals surface area contributed by atoms with Gasteiger partial charge in [0.15, 0.2) is 0 Å². The van der Waals surface area contributed by atoms with Gasteiger partial charge in [-0.1, -0.05) is 6.58 Å². The summed E-state index contributed by atoms with van der Waals surface area (Å²) in [4.78, 5) is 10.4. The van der Waals surface area contributed by atoms with E-state index in [1.54, 1.807) is 0 Å². The van der Waals surface area contributed by atoms with Gasteiger partial charge in [0.2, 0.25) is 0 Å². The molecule has 2 heterocycles. The van der Waals surface area contributed by atoms with E-state index in [-0.39, 0.29) is 6.61 Å². The SMILES string of the molecule is C(OCC1CO1)C1CO1.C=CC(=O)OCCCCO. The fourth-order valence-corrected chi connectivity index (χ4v) is 1.11. The van der Waals surface area contributed by atoms with Crippen molar-refractivity contribution in [1.29, 1.82) is 0 Å². The monoisotopic (exact) mass is 274 g/mol. The van der Waals surface area contributed by atoms with Crippen LogP contribution in [0.25, 0.3) is 0 Å². The number of rotatable bonds is 9. The molecule has 2 atom stereocenters. The van der Waals surface area contributed by atoms with Crippen LogP contribution in [0.1, 0.15) is 12.8 Å². The fraction of sp³-hybridized carbons (Fsp3) is 0.769. The van der Waals surface area contributed by atoms with Crippen LogP contribution in [0.4, 0.5) is 0 Å². The molecule has 2 rings (SSSR count). The molecule has 0 aromatic heterocycles. The predicted molar refractivity (Wildman–Crippen MR) is 67.8 cm³/mol. The van der Waals surface area contributed by atoms with E-state index in [1.165, 1.54) is 0 Å². The molecule has 0 radical (unpaired) electrons. The molecule has 0 aromatic rings. The molecule has 2 fully saturated rings. The summed E-state index contributed by atoms with van der Waals surface area (Å²) in [5, 5.41) is 8.33. The van der Waals surface area contributed by atoms with Crippen LogP contribution in [0.15, 0.2) is 12.7 Å². The Hall–Kier alpha value is -0.950. The molecule has 6 nitrogen and oxygen atoms in total. The van der Waals surface area contributed by atoms with E-state index < -0.39 is 5.97 Å². The summed E-state index contributed by atoms with van der Waals surface area (Å²) in [6.07, 6.45) is 3.28. The molecule has 0 amide bonds. The van der Waals surface area contributed by atoms with Gasteiger partial charge < -0.3 is 24.1 Å². The average molecular weight is 274 g/mol. The number of aliphatic hydroxyl groups excluding tert-OH is 1. The van der Waals surface area contributed by atoms with Gasteiger partial charge in [-0.05, 0) is 12.8 Å². The molecule has 0 spiro atoms. The van der Waals surface area contributed by atoms with Crippen molar-refractivity contribution >= 4 is 5.97 Å². The third kappa shape index (κ3) is 10.6. The van der Waals surface area contributed by atoms with Crippen LogP contribution in [0.2, 0.25) is 0 Å². The van der Waals surface area contributed by atoms with Crippen LogP contribution >= 0.6 is 0 Å². The van der Waals surface area contributed by atoms with E-state index in [9.17, 15) is 4.79 Å². The van der Waals surface area contributed by atoms with Gasteiger partial charge >= 0.3 is 5.97 Å². The van der Waals surface area contributed by atoms with E-state index in [1.807, 2.05) is 0 Å². The van der Waals surface area contributed by atoms with Crippen molar-refractivity contribution in [3.8, 4) is 0 Å². The molecule has 0 saturated carbocycles. The highest BCUT2D eigenvalue weighted by molar-refractivity contribution is 5.81. The smallest absolute Gasteiger partial charge is 0.330 e. The summed E-state index contributed by atoms with van der Waals surface area (Å²) in [6.45, 7) is 7.01. The Labute approximate surface area is 113 Å². The molecule has 0 aromatic carbocycles. The molecule has 0 aliphatic carbocycles. The molecule has 2 saturated heterocycles. The van der Waals surface area contributed by atoms with Crippen molar-refractivity contribution in [1.82, 2.24) is 0 Å². The van der Waals surface area contributed by atoms with Crippen molar-refractivity contribution in [3.63, 3.8) is 0 Å². The zero-order chi connectivity index (χ0) is 13.9. The van der Waals surface area contributed by atoms with Crippen LogP contribution in [0.5, 0.6) is 0 Å². The topological polar surface area (TPSA) is 80.8 Å². The highest BCUT2D eigenvalue weighted by Gasteiger charge is 2.26.